The first-order valence-electron chi connectivity index (χ1n) is 14.5. The van der Waals surface area contributed by atoms with E-state index in [0.29, 0.717) is 12.8 Å². The summed E-state index contributed by atoms with van der Waals surface area (Å²) in [6, 6.07) is 0. The largest absolute Gasteiger partial charge is 0.462 e. The Labute approximate surface area is 237 Å². The van der Waals surface area contributed by atoms with Gasteiger partial charge >= 0.3 is 5.97 Å². The first-order chi connectivity index (χ1) is 18.0. The standard InChI is InChI=1S/C32H48O8/c1-17(33)40-21-15-29(6)22-11-10-18-19(14-20(34)26(37)28(18,4)5)31(22,8)24(36)16-30(29,7)25(21)32(9,39)23(35)12-13-27(2,3)38/h10,12-13,19-22,25-26,34,37-39H,11,14-16H2,1-9H3/t19-,20+,21-,22+,25+,26-,29+,30-,31+,32-/m1/s1. The molecule has 0 aromatic rings. The fourth-order valence-corrected chi connectivity index (χ4v) is 9.43. The van der Waals surface area contributed by atoms with Crippen LogP contribution in [0.2, 0.25) is 0 Å². The highest BCUT2D eigenvalue weighted by Gasteiger charge is 2.75. The van der Waals surface area contributed by atoms with Crippen molar-refractivity contribution in [1.29, 1.82) is 0 Å². The molecule has 0 unspecified atom stereocenters. The predicted octanol–water partition coefficient (Wildman–Crippen LogP) is 3.29. The Morgan fingerprint density at radius 3 is 2.20 bits per heavy atom. The van der Waals surface area contributed by atoms with Gasteiger partial charge in [0.15, 0.2) is 5.78 Å². The van der Waals surface area contributed by atoms with Crippen LogP contribution in [0.4, 0.5) is 0 Å². The van der Waals surface area contributed by atoms with E-state index < -0.39 is 68.8 Å². The van der Waals surface area contributed by atoms with E-state index in [1.54, 1.807) is 0 Å². The van der Waals surface area contributed by atoms with Crippen molar-refractivity contribution >= 4 is 17.5 Å². The molecule has 4 aliphatic carbocycles. The summed E-state index contributed by atoms with van der Waals surface area (Å²) in [6.45, 7) is 15.6. The van der Waals surface area contributed by atoms with Gasteiger partial charge in [-0.1, -0.05) is 52.3 Å². The van der Waals surface area contributed by atoms with Crippen molar-refractivity contribution < 1.29 is 39.5 Å². The summed E-state index contributed by atoms with van der Waals surface area (Å²) in [5, 5.41) is 43.7. The molecule has 4 aliphatic rings. The van der Waals surface area contributed by atoms with Crippen LogP contribution in [-0.4, -0.2) is 67.5 Å². The van der Waals surface area contributed by atoms with Crippen molar-refractivity contribution in [2.24, 2.45) is 39.4 Å². The van der Waals surface area contributed by atoms with Crippen LogP contribution in [0.3, 0.4) is 0 Å². The normalized spacial score (nSPS) is 44.2. The fourth-order valence-electron chi connectivity index (χ4n) is 9.43. The summed E-state index contributed by atoms with van der Waals surface area (Å²) in [5.74, 6) is -2.50. The van der Waals surface area contributed by atoms with Gasteiger partial charge in [-0.2, -0.15) is 0 Å². The van der Waals surface area contributed by atoms with Gasteiger partial charge in [0.1, 0.15) is 17.5 Å². The average Bonchev–Trinajstić information content (AvgIpc) is 3.02. The molecular formula is C32H48O8. The number of carbonyl (C=O) groups excluding carboxylic acids is 3. The predicted molar refractivity (Wildman–Crippen MR) is 149 cm³/mol. The molecule has 0 saturated heterocycles. The lowest BCUT2D eigenvalue weighted by atomic mass is 9.38. The number of aliphatic hydroxyl groups is 4. The highest BCUT2D eigenvalue weighted by molar-refractivity contribution is 5.97. The second-order valence-corrected chi connectivity index (χ2v) is 15.0. The molecule has 4 rings (SSSR count). The fraction of sp³-hybridized carbons (Fsp3) is 0.781. The number of allylic oxidation sites excluding steroid dienone is 1. The Kier molecular flexibility index (Phi) is 7.24. The van der Waals surface area contributed by atoms with Gasteiger partial charge in [-0.25, -0.2) is 0 Å². The molecule has 40 heavy (non-hydrogen) atoms. The molecule has 8 nitrogen and oxygen atoms in total. The lowest BCUT2D eigenvalue weighted by Gasteiger charge is -2.65. The van der Waals surface area contributed by atoms with E-state index in [0.717, 1.165) is 5.57 Å². The molecule has 4 N–H and O–H groups in total. The smallest absolute Gasteiger partial charge is 0.302 e. The summed E-state index contributed by atoms with van der Waals surface area (Å²) in [6.07, 6.45) is 3.18. The van der Waals surface area contributed by atoms with Gasteiger partial charge in [0.05, 0.1) is 17.8 Å². The van der Waals surface area contributed by atoms with Crippen LogP contribution in [0.15, 0.2) is 23.8 Å². The maximum absolute atomic E-state index is 14.4. The van der Waals surface area contributed by atoms with E-state index >= 15 is 0 Å². The van der Waals surface area contributed by atoms with E-state index in [-0.39, 0.29) is 30.5 Å². The van der Waals surface area contributed by atoms with Crippen molar-refractivity contribution in [1.82, 2.24) is 0 Å². The highest BCUT2D eigenvalue weighted by Crippen LogP contribution is 2.74. The lowest BCUT2D eigenvalue weighted by Crippen LogP contribution is -2.65. The molecule has 0 amide bonds. The quantitative estimate of drug-likeness (QED) is 0.228. The maximum atomic E-state index is 14.4. The summed E-state index contributed by atoms with van der Waals surface area (Å²) in [7, 11) is 0. The van der Waals surface area contributed by atoms with Crippen molar-refractivity contribution in [2.45, 2.75) is 118 Å². The maximum Gasteiger partial charge on any atom is 0.302 e. The van der Waals surface area contributed by atoms with Crippen LogP contribution >= 0.6 is 0 Å². The Bertz CT molecular complexity index is 1160. The first-order valence-corrected chi connectivity index (χ1v) is 14.5. The molecule has 0 aromatic carbocycles. The minimum absolute atomic E-state index is 0.00350. The van der Waals surface area contributed by atoms with Gasteiger partial charge in [-0.3, -0.25) is 14.4 Å². The number of aliphatic hydroxyl groups excluding tert-OH is 2. The molecular weight excluding hydrogens is 512 g/mol. The van der Waals surface area contributed by atoms with Gasteiger partial charge in [0.2, 0.25) is 0 Å². The Morgan fingerprint density at radius 1 is 1.05 bits per heavy atom. The zero-order chi connectivity index (χ0) is 30.4. The number of Topliss-reactive ketones (excluding diaryl/α,β-unsaturated/α-hetero) is 1. The van der Waals surface area contributed by atoms with E-state index in [4.69, 9.17) is 4.74 Å². The Balaban J connectivity index is 1.85. The van der Waals surface area contributed by atoms with Gasteiger partial charge < -0.3 is 25.2 Å². The molecule has 0 aromatic heterocycles. The monoisotopic (exact) mass is 560 g/mol. The van der Waals surface area contributed by atoms with Crippen molar-refractivity contribution in [2.75, 3.05) is 0 Å². The van der Waals surface area contributed by atoms with Crippen LogP contribution in [0.1, 0.15) is 88.0 Å². The third-order valence-corrected chi connectivity index (χ3v) is 11.7. The SMILES string of the molecule is CC(=O)O[C@@H]1C[C@@]2(C)[C@@H]3CC=C4[C@@H](C[C@H](O)[C@@H](O)C4(C)C)[C@]3(C)C(=O)C[C@]2(C)[C@H]1[C@](C)(O)C(=O)C=CC(C)(C)O. The van der Waals surface area contributed by atoms with Gasteiger partial charge in [-0.05, 0) is 68.8 Å². The number of hydrogen-bond donors (Lipinski definition) is 4. The number of ketones is 2. The zero-order valence-electron chi connectivity index (χ0n) is 25.4. The number of esters is 1. The minimum atomic E-state index is -1.98. The number of carbonyl (C=O) groups is 3. The average molecular weight is 561 g/mol. The van der Waals surface area contributed by atoms with Crippen LogP contribution in [0.5, 0.6) is 0 Å². The third-order valence-electron chi connectivity index (χ3n) is 11.7. The number of rotatable bonds is 5. The van der Waals surface area contributed by atoms with Crippen LogP contribution in [0, 0.1) is 39.4 Å². The van der Waals surface area contributed by atoms with Gasteiger partial charge in [0.25, 0.3) is 0 Å². The first kappa shape index (κ1) is 31.1. The van der Waals surface area contributed by atoms with E-state index in [1.807, 2.05) is 27.7 Å². The molecule has 0 heterocycles. The van der Waals surface area contributed by atoms with E-state index in [1.165, 1.54) is 39.8 Å². The number of hydrogen-bond acceptors (Lipinski definition) is 8. The molecule has 8 heteroatoms. The Morgan fingerprint density at radius 2 is 1.65 bits per heavy atom. The topological polar surface area (TPSA) is 141 Å². The molecule has 10 atom stereocenters. The van der Waals surface area contributed by atoms with Crippen molar-refractivity contribution in [3.05, 3.63) is 23.8 Å². The van der Waals surface area contributed by atoms with Gasteiger partial charge in [0, 0.05) is 30.1 Å². The molecule has 0 aliphatic heterocycles. The summed E-state index contributed by atoms with van der Waals surface area (Å²) < 4.78 is 5.82. The Hall–Kier alpha value is -1.87. The van der Waals surface area contributed by atoms with Gasteiger partial charge in [-0.15, -0.1) is 0 Å². The van der Waals surface area contributed by atoms with E-state index in [9.17, 15) is 34.8 Å². The van der Waals surface area contributed by atoms with E-state index in [2.05, 4.69) is 13.0 Å². The third kappa shape index (κ3) is 4.27. The molecule has 3 saturated carbocycles. The summed E-state index contributed by atoms with van der Waals surface area (Å²) >= 11 is 0. The van der Waals surface area contributed by atoms with Crippen LogP contribution in [0.25, 0.3) is 0 Å². The number of fused-ring (bicyclic) bond motifs is 5. The van der Waals surface area contributed by atoms with Crippen LogP contribution < -0.4 is 0 Å². The zero-order valence-corrected chi connectivity index (χ0v) is 25.4. The van der Waals surface area contributed by atoms with Crippen LogP contribution in [-0.2, 0) is 19.1 Å². The van der Waals surface area contributed by atoms with Crippen molar-refractivity contribution in [3.8, 4) is 0 Å². The molecule has 0 bridgehead atoms. The summed E-state index contributed by atoms with van der Waals surface area (Å²) in [4.78, 5) is 40.2. The summed E-state index contributed by atoms with van der Waals surface area (Å²) in [5.41, 5.74) is -5.31. The lowest BCUT2D eigenvalue weighted by molar-refractivity contribution is -0.187. The second kappa shape index (κ2) is 9.32. The molecule has 3 fully saturated rings. The highest BCUT2D eigenvalue weighted by atomic mass is 16.5. The number of ether oxygens (including phenoxy) is 1. The minimum Gasteiger partial charge on any atom is -0.462 e. The molecule has 0 radical (unpaired) electrons. The molecule has 0 spiro atoms. The molecule has 224 valence electrons. The second-order valence-electron chi connectivity index (χ2n) is 15.0. The van der Waals surface area contributed by atoms with Crippen molar-refractivity contribution in [3.63, 3.8) is 0 Å².